The van der Waals surface area contributed by atoms with Crippen LogP contribution in [0.5, 0.6) is 5.75 Å². The lowest BCUT2D eigenvalue weighted by Gasteiger charge is -2.23. The largest absolute Gasteiger partial charge is 0.494 e. The van der Waals surface area contributed by atoms with Gasteiger partial charge in [0.15, 0.2) is 34.6 Å². The Labute approximate surface area is 219 Å². The first kappa shape index (κ1) is 27.4. The van der Waals surface area contributed by atoms with Crippen LogP contribution in [0.1, 0.15) is 23.8 Å². The zero-order valence-corrected chi connectivity index (χ0v) is 21.2. The molecule has 2 heterocycles. The van der Waals surface area contributed by atoms with Crippen LogP contribution in [-0.2, 0) is 4.79 Å². The third kappa shape index (κ3) is 5.19. The number of methoxy groups -OCH3 is 1. The minimum absolute atomic E-state index is 0.00880. The van der Waals surface area contributed by atoms with Crippen molar-refractivity contribution in [1.29, 1.82) is 0 Å². The summed E-state index contributed by atoms with van der Waals surface area (Å²) in [5, 5.41) is 13.4. The molecule has 0 saturated carbocycles. The predicted molar refractivity (Wildman–Crippen MR) is 133 cm³/mol. The Morgan fingerprint density at radius 1 is 1.05 bits per heavy atom. The van der Waals surface area contributed by atoms with Crippen LogP contribution >= 0.6 is 0 Å². The number of carbonyl (C=O) groups excluding carboxylic acids is 1. The molecule has 0 aliphatic carbocycles. The second kappa shape index (κ2) is 10.6. The van der Waals surface area contributed by atoms with Gasteiger partial charge in [-0.05, 0) is 31.2 Å². The fraction of sp³-hybridized carbons (Fsp3) is 0.231. The number of anilines is 2. The van der Waals surface area contributed by atoms with Crippen molar-refractivity contribution >= 4 is 29.0 Å². The van der Waals surface area contributed by atoms with Gasteiger partial charge in [0.2, 0.25) is 0 Å². The Morgan fingerprint density at radius 3 is 2.33 bits per heavy atom. The number of carboxylic acids is 1. The van der Waals surface area contributed by atoms with Crippen LogP contribution in [0.3, 0.4) is 0 Å². The summed E-state index contributed by atoms with van der Waals surface area (Å²) in [7, 11) is 4.25. The molecule has 0 bridgehead atoms. The molecule has 0 saturated heterocycles. The van der Waals surface area contributed by atoms with Crippen LogP contribution in [0.2, 0.25) is 0 Å². The Balaban J connectivity index is 1.92. The number of hydrogen-bond acceptors (Lipinski definition) is 6. The average Bonchev–Trinajstić information content (AvgIpc) is 3.33. The first-order valence-corrected chi connectivity index (χ1v) is 11.5. The summed E-state index contributed by atoms with van der Waals surface area (Å²) < 4.78 is 63.2. The summed E-state index contributed by atoms with van der Waals surface area (Å²) in [6, 6.07) is 7.65. The highest BCUT2D eigenvalue weighted by atomic mass is 19.2. The van der Waals surface area contributed by atoms with E-state index >= 15 is 0 Å². The molecule has 13 heteroatoms. The molecule has 2 aromatic heterocycles. The number of aromatic nitrogens is 3. The minimum atomic E-state index is -1.65. The number of hydrogen-bond donors (Lipinski definition) is 1. The van der Waals surface area contributed by atoms with Crippen molar-refractivity contribution in [2.75, 3.05) is 26.1 Å². The molecule has 39 heavy (non-hydrogen) atoms. The molecule has 0 radical (unpaired) electrons. The number of carbonyl (C=O) groups is 2. The van der Waals surface area contributed by atoms with Gasteiger partial charge in [-0.3, -0.25) is 9.59 Å². The van der Waals surface area contributed by atoms with Crippen molar-refractivity contribution in [3.8, 4) is 17.0 Å². The number of carboxylic acid groups (broad SMARTS) is 1. The van der Waals surface area contributed by atoms with Gasteiger partial charge in [0.1, 0.15) is 17.3 Å². The van der Waals surface area contributed by atoms with E-state index in [2.05, 4.69) is 10.1 Å². The van der Waals surface area contributed by atoms with Gasteiger partial charge < -0.3 is 19.6 Å². The lowest BCUT2D eigenvalue weighted by molar-refractivity contribution is -0.137. The smallest absolute Gasteiger partial charge is 0.305 e. The molecule has 1 unspecified atom stereocenters. The third-order valence-electron chi connectivity index (χ3n) is 6.21. The maximum atomic E-state index is 15.0. The Hall–Kier alpha value is -4.68. The van der Waals surface area contributed by atoms with Gasteiger partial charge in [-0.2, -0.15) is 9.61 Å². The molecule has 2 aromatic carbocycles. The number of aliphatic carboxylic acids is 1. The van der Waals surface area contributed by atoms with Crippen molar-refractivity contribution in [2.45, 2.75) is 19.4 Å². The minimum Gasteiger partial charge on any atom is -0.494 e. The van der Waals surface area contributed by atoms with Crippen molar-refractivity contribution in [3.05, 3.63) is 71.4 Å². The van der Waals surface area contributed by atoms with Gasteiger partial charge in [-0.25, -0.2) is 22.5 Å². The van der Waals surface area contributed by atoms with Crippen LogP contribution in [-0.4, -0.2) is 63.7 Å². The number of nitrogens with zero attached hydrogens (tertiary/aromatic N) is 5. The van der Waals surface area contributed by atoms with E-state index < -0.39 is 41.2 Å². The number of para-hydroxylation sites is 1. The molecule has 1 atom stereocenters. The first-order chi connectivity index (χ1) is 18.4. The summed E-state index contributed by atoms with van der Waals surface area (Å²) in [4.78, 5) is 31.1. The van der Waals surface area contributed by atoms with Crippen LogP contribution in [0, 0.1) is 23.3 Å². The van der Waals surface area contributed by atoms with Crippen molar-refractivity contribution in [1.82, 2.24) is 19.5 Å². The SMILES string of the molecule is COc1cccc(F)c1N(C)c1cc(-c2cc(F)c(F)c(F)c2)nc2cc(C(=O)N(C)C(C)CC(=O)O)nn12. The molecule has 204 valence electrons. The zero-order valence-electron chi connectivity index (χ0n) is 21.2. The van der Waals surface area contributed by atoms with Crippen molar-refractivity contribution in [3.63, 3.8) is 0 Å². The topological polar surface area (TPSA) is 100 Å². The van der Waals surface area contributed by atoms with E-state index in [-0.39, 0.29) is 46.3 Å². The van der Waals surface area contributed by atoms with Crippen LogP contribution in [0.25, 0.3) is 16.9 Å². The van der Waals surface area contributed by atoms with E-state index in [1.54, 1.807) is 6.92 Å². The van der Waals surface area contributed by atoms with Crippen molar-refractivity contribution in [2.24, 2.45) is 0 Å². The quantitative estimate of drug-likeness (QED) is 0.254. The lowest BCUT2D eigenvalue weighted by atomic mass is 10.1. The van der Waals surface area contributed by atoms with Crippen LogP contribution in [0.4, 0.5) is 29.1 Å². The average molecular weight is 545 g/mol. The van der Waals surface area contributed by atoms with Crippen molar-refractivity contribution < 1.29 is 37.0 Å². The summed E-state index contributed by atoms with van der Waals surface area (Å²) in [5.74, 6) is -6.61. The van der Waals surface area contributed by atoms with Crippen LogP contribution < -0.4 is 9.64 Å². The van der Waals surface area contributed by atoms with E-state index in [4.69, 9.17) is 9.84 Å². The molecular weight excluding hydrogens is 522 g/mol. The maximum Gasteiger partial charge on any atom is 0.305 e. The number of fused-ring (bicyclic) bond motifs is 1. The first-order valence-electron chi connectivity index (χ1n) is 11.5. The second-order valence-electron chi connectivity index (χ2n) is 8.77. The summed E-state index contributed by atoms with van der Waals surface area (Å²) in [5.41, 5.74) is -0.233. The number of ether oxygens (including phenoxy) is 1. The molecule has 4 rings (SSSR count). The number of halogens is 4. The zero-order chi connectivity index (χ0) is 28.6. The standard InChI is InChI=1S/C26H23F4N5O4/c1-13(8-23(36)37)33(2)26(38)19-11-21-31-18(14-9-16(28)24(30)17(29)10-14)12-22(35(21)32-19)34(3)25-15(27)6-5-7-20(25)39-4/h5-7,9-13H,8H2,1-4H3,(H,36,37). The molecule has 0 aliphatic heterocycles. The van der Waals surface area contributed by atoms with E-state index in [0.717, 1.165) is 12.1 Å². The van der Waals surface area contributed by atoms with Gasteiger partial charge >= 0.3 is 5.97 Å². The molecule has 4 aromatic rings. The Bertz CT molecular complexity index is 1570. The number of benzene rings is 2. The number of rotatable bonds is 8. The summed E-state index contributed by atoms with van der Waals surface area (Å²) in [6.07, 6.45) is -0.305. The highest BCUT2D eigenvalue weighted by Gasteiger charge is 2.25. The summed E-state index contributed by atoms with van der Waals surface area (Å²) >= 11 is 0. The van der Waals surface area contributed by atoms with E-state index in [9.17, 15) is 27.2 Å². The fourth-order valence-corrected chi connectivity index (χ4v) is 4.02. The normalized spacial score (nSPS) is 11.9. The molecular formula is C26H23F4N5O4. The molecule has 0 spiro atoms. The van der Waals surface area contributed by atoms with Gasteiger partial charge in [0.05, 0.1) is 19.2 Å². The van der Waals surface area contributed by atoms with Gasteiger partial charge in [0.25, 0.3) is 5.91 Å². The summed E-state index contributed by atoms with van der Waals surface area (Å²) in [6.45, 7) is 1.56. The van der Waals surface area contributed by atoms with Gasteiger partial charge in [-0.15, -0.1) is 0 Å². The highest BCUT2D eigenvalue weighted by molar-refractivity contribution is 5.94. The van der Waals surface area contributed by atoms with E-state index in [1.165, 1.54) is 65.9 Å². The second-order valence-corrected chi connectivity index (χ2v) is 8.77. The molecule has 0 fully saturated rings. The number of amides is 1. The van der Waals surface area contributed by atoms with E-state index in [0.29, 0.717) is 0 Å². The molecule has 0 aliphatic rings. The maximum absolute atomic E-state index is 15.0. The van der Waals surface area contributed by atoms with Gasteiger partial charge in [-0.1, -0.05) is 6.07 Å². The molecule has 9 nitrogen and oxygen atoms in total. The highest BCUT2D eigenvalue weighted by Crippen LogP contribution is 2.36. The lowest BCUT2D eigenvalue weighted by Crippen LogP contribution is -2.36. The fourth-order valence-electron chi connectivity index (χ4n) is 4.02. The van der Waals surface area contributed by atoms with E-state index in [1.807, 2.05) is 0 Å². The Kier molecular flexibility index (Phi) is 7.43. The van der Waals surface area contributed by atoms with Gasteiger partial charge in [0, 0.05) is 37.8 Å². The van der Waals surface area contributed by atoms with Crippen LogP contribution in [0.15, 0.2) is 42.5 Å². The Morgan fingerprint density at radius 2 is 1.72 bits per heavy atom. The monoisotopic (exact) mass is 545 g/mol. The predicted octanol–water partition coefficient (Wildman–Crippen LogP) is 4.66. The molecule has 1 amide bonds. The molecule has 1 N–H and O–H groups in total. The third-order valence-corrected chi connectivity index (χ3v) is 6.21.